The van der Waals surface area contributed by atoms with Gasteiger partial charge in [-0.15, -0.1) is 5.10 Å². The van der Waals surface area contributed by atoms with E-state index in [0.29, 0.717) is 0 Å². The number of amides is 1. The summed E-state index contributed by atoms with van der Waals surface area (Å²) in [6.45, 7) is 5.86. The Morgan fingerprint density at radius 1 is 1.29 bits per heavy atom. The summed E-state index contributed by atoms with van der Waals surface area (Å²) in [5, 5.41) is 6.92. The normalized spacial score (nSPS) is 11.2. The molecule has 0 aliphatic rings. The van der Waals surface area contributed by atoms with Crippen LogP contribution in [0.5, 0.6) is 0 Å². The highest BCUT2D eigenvalue weighted by molar-refractivity contribution is 6.02. The summed E-state index contributed by atoms with van der Waals surface area (Å²) in [6.07, 6.45) is 0. The van der Waals surface area contributed by atoms with Gasteiger partial charge in [-0.05, 0) is 32.9 Å². The molecule has 0 saturated heterocycles. The number of H-pyrrole nitrogens is 1. The molecule has 1 aromatic carbocycles. The summed E-state index contributed by atoms with van der Waals surface area (Å²) in [4.78, 5) is 23.6. The van der Waals surface area contributed by atoms with Crippen molar-refractivity contribution in [3.05, 3.63) is 35.9 Å². The molecule has 3 rings (SSSR count). The summed E-state index contributed by atoms with van der Waals surface area (Å²) in [6, 6.07) is 7.67. The lowest BCUT2D eigenvalue weighted by Crippen LogP contribution is -2.15. The second-order valence-electron chi connectivity index (χ2n) is 5.08. The van der Waals surface area contributed by atoms with Gasteiger partial charge in [0.25, 0.3) is 5.91 Å². The van der Waals surface area contributed by atoms with Gasteiger partial charge in [-0.1, -0.05) is 12.1 Å². The van der Waals surface area contributed by atoms with Crippen LogP contribution in [-0.4, -0.2) is 30.6 Å². The molecular formula is C14H16N6O. The molecule has 7 nitrogen and oxygen atoms in total. The van der Waals surface area contributed by atoms with Crippen LogP contribution in [0.3, 0.4) is 0 Å². The highest BCUT2D eigenvalue weighted by Gasteiger charge is 2.15. The Balaban J connectivity index is 1.84. The summed E-state index contributed by atoms with van der Waals surface area (Å²) < 4.78 is 1.76. The summed E-state index contributed by atoms with van der Waals surface area (Å²) in [5.74, 6) is 0.929. The smallest absolute Gasteiger partial charge is 0.293 e. The second-order valence-corrected chi connectivity index (χ2v) is 5.08. The number of aryl methyl sites for hydroxylation is 1. The topological polar surface area (TPSA) is 88.5 Å². The van der Waals surface area contributed by atoms with E-state index in [0.717, 1.165) is 16.9 Å². The van der Waals surface area contributed by atoms with Gasteiger partial charge in [-0.2, -0.15) is 4.98 Å². The van der Waals surface area contributed by atoms with Crippen molar-refractivity contribution in [1.29, 1.82) is 0 Å². The van der Waals surface area contributed by atoms with Crippen molar-refractivity contribution >= 4 is 22.9 Å². The summed E-state index contributed by atoms with van der Waals surface area (Å²) in [7, 11) is 0. The number of carbonyl (C=O) groups excluding carboxylic acids is 1. The van der Waals surface area contributed by atoms with Crippen LogP contribution < -0.4 is 5.32 Å². The van der Waals surface area contributed by atoms with Crippen LogP contribution in [0.2, 0.25) is 0 Å². The van der Waals surface area contributed by atoms with Gasteiger partial charge in [-0.3, -0.25) is 10.1 Å². The lowest BCUT2D eigenvalue weighted by atomic mass is 10.3. The second kappa shape index (κ2) is 5.01. The molecule has 2 aromatic heterocycles. The Kier molecular flexibility index (Phi) is 3.17. The van der Waals surface area contributed by atoms with E-state index in [-0.39, 0.29) is 23.7 Å². The first-order valence-corrected chi connectivity index (χ1v) is 6.74. The van der Waals surface area contributed by atoms with Crippen LogP contribution in [0, 0.1) is 6.92 Å². The van der Waals surface area contributed by atoms with Crippen LogP contribution >= 0.6 is 0 Å². The maximum absolute atomic E-state index is 12.2. The number of nitrogens with one attached hydrogen (secondary N) is 2. The number of hydrogen-bond acceptors (Lipinski definition) is 4. The molecule has 3 aromatic rings. The van der Waals surface area contributed by atoms with E-state index in [1.165, 1.54) is 0 Å². The van der Waals surface area contributed by atoms with Gasteiger partial charge < -0.3 is 4.98 Å². The first-order valence-electron chi connectivity index (χ1n) is 6.74. The minimum Gasteiger partial charge on any atom is -0.334 e. The SMILES string of the molecule is Cc1nc(NC(=O)c2nc3ccccc3[nH]2)nn1C(C)C. The van der Waals surface area contributed by atoms with E-state index < -0.39 is 0 Å². The van der Waals surface area contributed by atoms with Gasteiger partial charge >= 0.3 is 0 Å². The first-order chi connectivity index (χ1) is 10.0. The highest BCUT2D eigenvalue weighted by Crippen LogP contribution is 2.13. The standard InChI is InChI=1S/C14H16N6O/c1-8(2)20-9(3)15-14(19-20)18-13(21)12-16-10-6-4-5-7-11(10)17-12/h4-8H,1-3H3,(H,16,17)(H,18,19,21). The Morgan fingerprint density at radius 3 is 2.71 bits per heavy atom. The van der Waals surface area contributed by atoms with Crippen LogP contribution in [0.25, 0.3) is 11.0 Å². The van der Waals surface area contributed by atoms with Crippen molar-refractivity contribution in [3.63, 3.8) is 0 Å². The number of nitrogens with zero attached hydrogens (tertiary/aromatic N) is 4. The average Bonchev–Trinajstić information content (AvgIpc) is 3.02. The van der Waals surface area contributed by atoms with Crippen LogP contribution in [0.1, 0.15) is 36.3 Å². The predicted molar refractivity (Wildman–Crippen MR) is 79.2 cm³/mol. The van der Waals surface area contributed by atoms with Gasteiger partial charge in [0.15, 0.2) is 5.82 Å². The van der Waals surface area contributed by atoms with Gasteiger partial charge in [0.05, 0.1) is 11.0 Å². The molecule has 21 heavy (non-hydrogen) atoms. The van der Waals surface area contributed by atoms with E-state index in [2.05, 4.69) is 25.4 Å². The average molecular weight is 284 g/mol. The molecule has 108 valence electrons. The number of aromatic amines is 1. The number of anilines is 1. The fraction of sp³-hybridized carbons (Fsp3) is 0.286. The number of carbonyl (C=O) groups is 1. The molecule has 0 saturated carbocycles. The number of aromatic nitrogens is 5. The molecular weight excluding hydrogens is 268 g/mol. The van der Waals surface area contributed by atoms with Crippen LogP contribution in [0.15, 0.2) is 24.3 Å². The molecule has 0 radical (unpaired) electrons. The molecule has 0 aliphatic heterocycles. The third-order valence-corrected chi connectivity index (χ3v) is 3.12. The molecule has 0 spiro atoms. The third kappa shape index (κ3) is 2.49. The number of rotatable bonds is 3. The Morgan fingerprint density at radius 2 is 2.05 bits per heavy atom. The fourth-order valence-electron chi connectivity index (χ4n) is 2.16. The number of para-hydroxylation sites is 2. The van der Waals surface area contributed by atoms with Crippen molar-refractivity contribution in [2.24, 2.45) is 0 Å². The third-order valence-electron chi connectivity index (χ3n) is 3.12. The number of fused-ring (bicyclic) bond motifs is 1. The minimum atomic E-state index is -0.355. The Labute approximate surface area is 121 Å². The van der Waals surface area contributed by atoms with Gasteiger partial charge in [0, 0.05) is 6.04 Å². The van der Waals surface area contributed by atoms with Crippen molar-refractivity contribution in [2.75, 3.05) is 5.32 Å². The Hall–Kier alpha value is -2.70. The van der Waals surface area contributed by atoms with Crippen molar-refractivity contribution in [1.82, 2.24) is 24.7 Å². The molecule has 0 atom stereocenters. The molecule has 0 fully saturated rings. The molecule has 7 heteroatoms. The molecule has 0 bridgehead atoms. The first kappa shape index (κ1) is 13.3. The highest BCUT2D eigenvalue weighted by atomic mass is 16.2. The van der Waals surface area contributed by atoms with Crippen molar-refractivity contribution < 1.29 is 4.79 Å². The maximum atomic E-state index is 12.2. The maximum Gasteiger partial charge on any atom is 0.293 e. The monoisotopic (exact) mass is 284 g/mol. The summed E-state index contributed by atoms with van der Waals surface area (Å²) >= 11 is 0. The molecule has 0 unspecified atom stereocenters. The van der Waals surface area contributed by atoms with E-state index in [1.54, 1.807) is 4.68 Å². The van der Waals surface area contributed by atoms with Crippen LogP contribution in [0.4, 0.5) is 5.95 Å². The Bertz CT molecular complexity index is 768. The molecule has 2 N–H and O–H groups in total. The van der Waals surface area contributed by atoms with E-state index >= 15 is 0 Å². The van der Waals surface area contributed by atoms with Gasteiger partial charge in [0.2, 0.25) is 5.95 Å². The van der Waals surface area contributed by atoms with Gasteiger partial charge in [-0.25, -0.2) is 9.67 Å². The number of hydrogen-bond donors (Lipinski definition) is 2. The predicted octanol–water partition coefficient (Wildman–Crippen LogP) is 2.30. The lowest BCUT2D eigenvalue weighted by molar-refractivity contribution is 0.101. The minimum absolute atomic E-state index is 0.189. The quantitative estimate of drug-likeness (QED) is 0.772. The van der Waals surface area contributed by atoms with Crippen LogP contribution in [-0.2, 0) is 0 Å². The summed E-state index contributed by atoms with van der Waals surface area (Å²) in [5.41, 5.74) is 1.57. The lowest BCUT2D eigenvalue weighted by Gasteiger charge is -2.04. The molecule has 1 amide bonds. The van der Waals surface area contributed by atoms with E-state index in [4.69, 9.17) is 0 Å². The number of benzene rings is 1. The zero-order valence-corrected chi connectivity index (χ0v) is 12.1. The van der Waals surface area contributed by atoms with E-state index in [9.17, 15) is 4.79 Å². The fourth-order valence-corrected chi connectivity index (χ4v) is 2.16. The van der Waals surface area contributed by atoms with Gasteiger partial charge in [0.1, 0.15) is 5.82 Å². The largest absolute Gasteiger partial charge is 0.334 e. The zero-order valence-electron chi connectivity index (χ0n) is 12.1. The van der Waals surface area contributed by atoms with Crippen molar-refractivity contribution in [2.45, 2.75) is 26.8 Å². The van der Waals surface area contributed by atoms with Crippen molar-refractivity contribution in [3.8, 4) is 0 Å². The molecule has 0 aliphatic carbocycles. The molecule has 2 heterocycles. The zero-order chi connectivity index (χ0) is 15.0. The van der Waals surface area contributed by atoms with E-state index in [1.807, 2.05) is 45.0 Å². The number of imidazole rings is 1.